The number of anilines is 2. The van der Waals surface area contributed by atoms with Gasteiger partial charge in [-0.25, -0.2) is 0 Å². The first kappa shape index (κ1) is 25.3. The van der Waals surface area contributed by atoms with Crippen molar-refractivity contribution in [1.29, 1.82) is 0 Å². The van der Waals surface area contributed by atoms with Crippen molar-refractivity contribution in [3.63, 3.8) is 0 Å². The van der Waals surface area contributed by atoms with E-state index >= 15 is 0 Å². The molecule has 0 spiro atoms. The monoisotopic (exact) mass is 422 g/mol. The molecule has 2 rings (SSSR count). The Bertz CT molecular complexity index is 754. The highest BCUT2D eigenvalue weighted by molar-refractivity contribution is 5.55. The van der Waals surface area contributed by atoms with E-state index in [1.54, 1.807) is 0 Å². The van der Waals surface area contributed by atoms with Gasteiger partial charge in [-0.1, -0.05) is 95.2 Å². The molecule has 0 saturated heterocycles. The fourth-order valence-electron chi connectivity index (χ4n) is 3.44. The van der Waals surface area contributed by atoms with Crippen LogP contribution in [0.1, 0.15) is 105 Å². The molecule has 0 aliphatic heterocycles. The summed E-state index contributed by atoms with van der Waals surface area (Å²) < 4.78 is 0. The summed E-state index contributed by atoms with van der Waals surface area (Å²) in [6.45, 7) is 28.1. The van der Waals surface area contributed by atoms with Crippen LogP contribution in [0.3, 0.4) is 0 Å². The van der Waals surface area contributed by atoms with Gasteiger partial charge in [0.15, 0.2) is 0 Å². The lowest BCUT2D eigenvalue weighted by Crippen LogP contribution is -2.20. The van der Waals surface area contributed by atoms with Crippen LogP contribution >= 0.6 is 0 Å². The summed E-state index contributed by atoms with van der Waals surface area (Å²) in [4.78, 5) is 0. The van der Waals surface area contributed by atoms with Crippen LogP contribution in [0.4, 0.5) is 11.4 Å². The highest BCUT2D eigenvalue weighted by atomic mass is 15.1. The molecule has 0 radical (unpaired) electrons. The van der Waals surface area contributed by atoms with Gasteiger partial charge in [0, 0.05) is 11.4 Å². The first-order valence-corrected chi connectivity index (χ1v) is 11.7. The summed E-state index contributed by atoms with van der Waals surface area (Å²) in [5, 5.41) is 7.25. The van der Waals surface area contributed by atoms with Crippen LogP contribution in [0.2, 0.25) is 0 Å². The third-order valence-corrected chi connectivity index (χ3v) is 5.92. The summed E-state index contributed by atoms with van der Waals surface area (Å²) in [7, 11) is 0. The molecule has 0 unspecified atom stereocenters. The van der Waals surface area contributed by atoms with Crippen LogP contribution in [-0.4, -0.2) is 6.67 Å². The smallest absolute Gasteiger partial charge is 0.0849 e. The molecule has 0 aromatic heterocycles. The lowest BCUT2D eigenvalue weighted by atomic mass is 9.80. The number of nitrogens with one attached hydrogen (secondary N) is 2. The van der Waals surface area contributed by atoms with Crippen LogP contribution in [0, 0.1) is 0 Å². The molecular formula is C29H46N2. The van der Waals surface area contributed by atoms with E-state index in [-0.39, 0.29) is 21.7 Å². The molecule has 0 saturated carbocycles. The molecule has 0 atom stereocenters. The van der Waals surface area contributed by atoms with Gasteiger partial charge in [0.2, 0.25) is 0 Å². The first-order chi connectivity index (χ1) is 13.9. The van der Waals surface area contributed by atoms with Gasteiger partial charge in [-0.3, -0.25) is 0 Å². The molecule has 0 heterocycles. The minimum Gasteiger partial charge on any atom is -0.368 e. The minimum absolute atomic E-state index is 0.119. The molecule has 0 amide bonds. The predicted molar refractivity (Wildman–Crippen MR) is 140 cm³/mol. The molecule has 31 heavy (non-hydrogen) atoms. The van der Waals surface area contributed by atoms with Crippen LogP contribution < -0.4 is 10.6 Å². The van der Waals surface area contributed by atoms with E-state index in [0.717, 1.165) is 0 Å². The van der Waals surface area contributed by atoms with Crippen molar-refractivity contribution in [3.8, 4) is 0 Å². The molecule has 0 aliphatic rings. The number of rotatable bonds is 4. The standard InChI is InChI=1S/C29H46N2/c1-26(2,3)20-13-21(27(4,5)6)16-24(15-20)30-19-31-25-17-22(28(7,8)9)14-23(18-25)29(10,11)12/h13-18,30-31H,19H2,1-12H3. The van der Waals surface area contributed by atoms with Gasteiger partial charge in [0.25, 0.3) is 0 Å². The third kappa shape index (κ3) is 7.02. The lowest BCUT2D eigenvalue weighted by molar-refractivity contribution is 0.568. The largest absolute Gasteiger partial charge is 0.368 e. The molecule has 172 valence electrons. The molecule has 0 aliphatic carbocycles. The first-order valence-electron chi connectivity index (χ1n) is 11.7. The second kappa shape index (κ2) is 8.52. The maximum absolute atomic E-state index is 3.62. The quantitative estimate of drug-likeness (QED) is 0.484. The zero-order chi connectivity index (χ0) is 23.8. The molecule has 2 heteroatoms. The second-order valence-electron chi connectivity index (χ2n) is 13.1. The Balaban J connectivity index is 2.29. The molecule has 2 aromatic carbocycles. The molecule has 0 bridgehead atoms. The van der Waals surface area contributed by atoms with Gasteiger partial charge in [-0.05, 0) is 68.2 Å². The Morgan fingerprint density at radius 3 is 0.839 bits per heavy atom. The van der Waals surface area contributed by atoms with Gasteiger partial charge in [0.05, 0.1) is 6.67 Å². The van der Waals surface area contributed by atoms with Crippen LogP contribution in [0.15, 0.2) is 36.4 Å². The third-order valence-electron chi connectivity index (χ3n) is 5.92. The second-order valence-corrected chi connectivity index (χ2v) is 13.1. The number of hydrogen-bond acceptors (Lipinski definition) is 2. The molecule has 0 fully saturated rings. The maximum Gasteiger partial charge on any atom is 0.0849 e. The van der Waals surface area contributed by atoms with E-state index in [0.29, 0.717) is 6.67 Å². The van der Waals surface area contributed by atoms with Crippen molar-refractivity contribution in [2.45, 2.75) is 105 Å². The number of benzene rings is 2. The van der Waals surface area contributed by atoms with Crippen molar-refractivity contribution < 1.29 is 0 Å². The highest BCUT2D eigenvalue weighted by Crippen LogP contribution is 2.33. The predicted octanol–water partition coefficient (Wildman–Crippen LogP) is 8.36. The van der Waals surface area contributed by atoms with E-state index < -0.39 is 0 Å². The van der Waals surface area contributed by atoms with Crippen LogP contribution in [0.5, 0.6) is 0 Å². The van der Waals surface area contributed by atoms with Gasteiger partial charge in [-0.2, -0.15) is 0 Å². The highest BCUT2D eigenvalue weighted by Gasteiger charge is 2.22. The SMILES string of the molecule is CC(C)(C)c1cc(NCNc2cc(C(C)(C)C)cc(C(C)(C)C)c2)cc(C(C)(C)C)c1. The Morgan fingerprint density at radius 1 is 0.419 bits per heavy atom. The zero-order valence-electron chi connectivity index (χ0n) is 22.2. The molecule has 2 aromatic rings. The van der Waals surface area contributed by atoms with Crippen molar-refractivity contribution in [2.24, 2.45) is 0 Å². The Morgan fingerprint density at radius 2 is 0.645 bits per heavy atom. The van der Waals surface area contributed by atoms with E-state index in [2.05, 4.69) is 130 Å². The fourth-order valence-corrected chi connectivity index (χ4v) is 3.44. The van der Waals surface area contributed by atoms with Crippen LogP contribution in [0.25, 0.3) is 0 Å². The van der Waals surface area contributed by atoms with E-state index in [1.807, 2.05) is 0 Å². The minimum atomic E-state index is 0.119. The van der Waals surface area contributed by atoms with E-state index in [9.17, 15) is 0 Å². The van der Waals surface area contributed by atoms with Crippen molar-refractivity contribution in [3.05, 3.63) is 58.7 Å². The van der Waals surface area contributed by atoms with Crippen molar-refractivity contribution >= 4 is 11.4 Å². The Labute approximate surface area is 192 Å². The van der Waals surface area contributed by atoms with E-state index in [1.165, 1.54) is 33.6 Å². The van der Waals surface area contributed by atoms with Gasteiger partial charge < -0.3 is 10.6 Å². The lowest BCUT2D eigenvalue weighted by Gasteiger charge is -2.27. The van der Waals surface area contributed by atoms with Gasteiger partial charge in [0.1, 0.15) is 0 Å². The summed E-state index contributed by atoms with van der Waals surface area (Å²) >= 11 is 0. The molecule has 2 nitrogen and oxygen atoms in total. The molecular weight excluding hydrogens is 376 g/mol. The Kier molecular flexibility index (Phi) is 6.96. The van der Waals surface area contributed by atoms with Gasteiger partial charge >= 0.3 is 0 Å². The summed E-state index contributed by atoms with van der Waals surface area (Å²) in [6, 6.07) is 13.9. The summed E-state index contributed by atoms with van der Waals surface area (Å²) in [5.74, 6) is 0. The zero-order valence-corrected chi connectivity index (χ0v) is 22.2. The average Bonchev–Trinajstić information content (AvgIpc) is 2.58. The normalized spacial score (nSPS) is 13.3. The van der Waals surface area contributed by atoms with Crippen molar-refractivity contribution in [2.75, 3.05) is 17.3 Å². The van der Waals surface area contributed by atoms with Gasteiger partial charge in [-0.15, -0.1) is 0 Å². The average molecular weight is 423 g/mol. The maximum atomic E-state index is 3.62. The summed E-state index contributed by atoms with van der Waals surface area (Å²) in [5.41, 5.74) is 8.29. The van der Waals surface area contributed by atoms with E-state index in [4.69, 9.17) is 0 Å². The number of hydrogen-bond donors (Lipinski definition) is 2. The van der Waals surface area contributed by atoms with Crippen molar-refractivity contribution in [1.82, 2.24) is 0 Å². The fraction of sp³-hybridized carbons (Fsp3) is 0.586. The van der Waals surface area contributed by atoms with Crippen LogP contribution in [-0.2, 0) is 21.7 Å². The topological polar surface area (TPSA) is 24.1 Å². The molecule has 2 N–H and O–H groups in total. The Hall–Kier alpha value is -1.96. The summed E-state index contributed by atoms with van der Waals surface area (Å²) in [6.07, 6.45) is 0.